The number of nitro benzene ring substituents is 1. The lowest BCUT2D eigenvalue weighted by Crippen LogP contribution is -2.74. The first-order valence-electron chi connectivity index (χ1n) is 9.90. The third-order valence-electron chi connectivity index (χ3n) is 4.66. The average Bonchev–Trinajstić information content (AvgIpc) is 3.27. The number of carbonyl (C=O) groups excluding carboxylic acids is 4. The number of anilines is 1. The Labute approximate surface area is 205 Å². The van der Waals surface area contributed by atoms with Crippen molar-refractivity contribution in [2.45, 2.75) is 18.7 Å². The molecule has 16 nitrogen and oxygen atoms in total. The molecule has 2 heterocycles. The molecule has 17 heteroatoms. The van der Waals surface area contributed by atoms with Gasteiger partial charge in [-0.15, -0.1) is 11.3 Å². The summed E-state index contributed by atoms with van der Waals surface area (Å²) in [6, 6.07) is 2.48. The zero-order chi connectivity index (χ0) is 26.4. The number of nitro groups is 1. The molecule has 0 unspecified atom stereocenters. The van der Waals surface area contributed by atoms with Crippen LogP contribution in [0.25, 0.3) is 0 Å². The quantitative estimate of drug-likeness (QED) is 0.105. The molecule has 1 fully saturated rings. The number of β-lactam (4-membered cyclic amide) rings is 1. The Kier molecular flexibility index (Phi) is 8.07. The van der Waals surface area contributed by atoms with Crippen molar-refractivity contribution in [1.82, 2.24) is 15.4 Å². The number of nitrogens with two attached hydrogens (primary N) is 2. The number of thiazole rings is 1. The van der Waals surface area contributed by atoms with Gasteiger partial charge in [-0.3, -0.25) is 29.3 Å². The summed E-state index contributed by atoms with van der Waals surface area (Å²) in [5.74, 6) is -3.66. The summed E-state index contributed by atoms with van der Waals surface area (Å²) < 4.78 is 4.98. The second-order valence-corrected chi connectivity index (χ2v) is 7.90. The van der Waals surface area contributed by atoms with Gasteiger partial charge in [0.05, 0.1) is 4.92 Å². The molecule has 1 saturated heterocycles. The van der Waals surface area contributed by atoms with Gasteiger partial charge in [0.2, 0.25) is 5.91 Å². The van der Waals surface area contributed by atoms with Crippen molar-refractivity contribution in [3.8, 4) is 0 Å². The van der Waals surface area contributed by atoms with E-state index in [9.17, 15) is 29.3 Å². The summed E-state index contributed by atoms with van der Waals surface area (Å²) in [6.45, 7) is -0.966. The number of nitrogens with one attached hydrogen (secondary N) is 1. The molecule has 2 aromatic rings. The van der Waals surface area contributed by atoms with Crippen molar-refractivity contribution in [1.29, 1.82) is 0 Å². The number of nitrogen functional groups attached to an aromatic ring is 1. The van der Waals surface area contributed by atoms with Gasteiger partial charge >= 0.3 is 5.97 Å². The van der Waals surface area contributed by atoms with Gasteiger partial charge in [-0.05, 0) is 17.7 Å². The number of carbonyl (C=O) groups is 4. The molecule has 1 aliphatic heterocycles. The number of hydroxylamine groups is 2. The van der Waals surface area contributed by atoms with Crippen molar-refractivity contribution in [2.24, 2.45) is 10.9 Å². The fourth-order valence-corrected chi connectivity index (χ4v) is 3.52. The summed E-state index contributed by atoms with van der Waals surface area (Å²) in [5.41, 5.74) is 11.0. The topological polar surface area (TPSA) is 232 Å². The zero-order valence-electron chi connectivity index (χ0n) is 18.5. The van der Waals surface area contributed by atoms with Crippen LogP contribution >= 0.6 is 11.3 Å². The number of hydrogen-bond acceptors (Lipinski definition) is 13. The highest BCUT2D eigenvalue weighted by Gasteiger charge is 2.53. The first-order valence-corrected chi connectivity index (χ1v) is 10.8. The first kappa shape index (κ1) is 26.0. The minimum atomic E-state index is -1.42. The SMILES string of the molecule is CON=C(C(=O)N[C@@H]1C(=O)N(OCC(=O)OCc2ccc([N+](=O)[O-])cc2)[C@@H]1C(N)=O)c1csc(N)n1. The summed E-state index contributed by atoms with van der Waals surface area (Å²) in [6.07, 6.45) is 0. The predicted molar refractivity (Wildman–Crippen MR) is 121 cm³/mol. The lowest BCUT2D eigenvalue weighted by Gasteiger charge is -2.43. The Morgan fingerprint density at radius 1 is 1.31 bits per heavy atom. The number of benzene rings is 1. The zero-order valence-corrected chi connectivity index (χ0v) is 19.3. The van der Waals surface area contributed by atoms with Gasteiger partial charge in [0, 0.05) is 17.5 Å². The largest absolute Gasteiger partial charge is 0.459 e. The third-order valence-corrected chi connectivity index (χ3v) is 5.33. The van der Waals surface area contributed by atoms with E-state index in [0.29, 0.717) is 10.6 Å². The molecule has 1 aromatic carbocycles. The molecule has 1 aromatic heterocycles. The third kappa shape index (κ3) is 5.88. The first-order chi connectivity index (χ1) is 17.1. The van der Waals surface area contributed by atoms with Crippen molar-refractivity contribution in [2.75, 3.05) is 19.5 Å². The molecule has 0 bridgehead atoms. The minimum Gasteiger partial charge on any atom is -0.459 e. The summed E-state index contributed by atoms with van der Waals surface area (Å²) >= 11 is 1.04. The van der Waals surface area contributed by atoms with Crippen LogP contribution in [0, 0.1) is 10.1 Å². The van der Waals surface area contributed by atoms with Crippen molar-refractivity contribution < 1.29 is 38.5 Å². The lowest BCUT2D eigenvalue weighted by atomic mass is 9.97. The molecule has 0 saturated carbocycles. The van der Waals surface area contributed by atoms with Gasteiger partial charge in [0.25, 0.3) is 17.5 Å². The molecule has 0 spiro atoms. The molecule has 5 N–H and O–H groups in total. The molecule has 3 rings (SSSR count). The number of ether oxygens (including phenoxy) is 1. The van der Waals surface area contributed by atoms with Crippen molar-refractivity contribution in [3.63, 3.8) is 0 Å². The van der Waals surface area contributed by atoms with Gasteiger partial charge < -0.3 is 26.4 Å². The van der Waals surface area contributed by atoms with E-state index >= 15 is 0 Å². The highest BCUT2D eigenvalue weighted by molar-refractivity contribution is 7.13. The number of primary amides is 1. The lowest BCUT2D eigenvalue weighted by molar-refractivity contribution is -0.384. The van der Waals surface area contributed by atoms with Crippen LogP contribution in [0.3, 0.4) is 0 Å². The summed E-state index contributed by atoms with van der Waals surface area (Å²) in [4.78, 5) is 72.7. The molecule has 3 amide bonds. The van der Waals surface area contributed by atoms with Crippen LogP contribution in [-0.4, -0.2) is 70.2 Å². The van der Waals surface area contributed by atoms with E-state index < -0.39 is 47.3 Å². The van der Waals surface area contributed by atoms with Gasteiger partial charge in [-0.25, -0.2) is 14.8 Å². The van der Waals surface area contributed by atoms with Gasteiger partial charge in [-0.2, -0.15) is 0 Å². The Balaban J connectivity index is 1.55. The summed E-state index contributed by atoms with van der Waals surface area (Å²) in [7, 11) is 1.19. The van der Waals surface area contributed by atoms with Crippen LogP contribution in [0.1, 0.15) is 11.3 Å². The highest BCUT2D eigenvalue weighted by atomic mass is 32.1. The number of rotatable bonds is 11. The second kappa shape index (κ2) is 11.2. The number of aromatic nitrogens is 1. The Morgan fingerprint density at radius 2 is 2.00 bits per heavy atom. The fourth-order valence-electron chi connectivity index (χ4n) is 2.97. The number of nitrogens with zero attached hydrogens (tertiary/aromatic N) is 4. The number of hydrogen-bond donors (Lipinski definition) is 3. The summed E-state index contributed by atoms with van der Waals surface area (Å²) in [5, 5.41) is 18.7. The molecule has 0 aliphatic carbocycles. The van der Waals surface area contributed by atoms with Gasteiger partial charge in [0.15, 0.2) is 23.5 Å². The Morgan fingerprint density at radius 3 is 2.56 bits per heavy atom. The van der Waals surface area contributed by atoms with Crippen LogP contribution in [0.5, 0.6) is 0 Å². The number of oxime groups is 1. The van der Waals surface area contributed by atoms with Crippen LogP contribution in [0.15, 0.2) is 34.8 Å². The Hall–Kier alpha value is -4.64. The number of esters is 1. The van der Waals surface area contributed by atoms with E-state index in [0.717, 1.165) is 11.3 Å². The van der Waals surface area contributed by atoms with Crippen LogP contribution in [0.4, 0.5) is 10.8 Å². The molecule has 0 radical (unpaired) electrons. The number of amides is 3. The molecule has 1 aliphatic rings. The maximum absolute atomic E-state index is 12.6. The predicted octanol–water partition coefficient (Wildman–Crippen LogP) is -1.16. The standard InChI is InChI=1S/C19H19N7O9S/c1-33-24-13(11-8-36-19(21)22-11)17(29)23-14-15(16(20)28)25(18(14)30)35-7-12(27)34-6-9-2-4-10(5-3-9)26(31)32/h2-5,8,14-15H,6-7H2,1H3,(H2,20,28)(H2,21,22)(H,23,29)/t14-,15-/m0/s1. The van der Waals surface area contributed by atoms with E-state index in [2.05, 4.69) is 20.3 Å². The molecular weight excluding hydrogens is 502 g/mol. The van der Waals surface area contributed by atoms with E-state index in [1.165, 1.54) is 36.8 Å². The highest BCUT2D eigenvalue weighted by Crippen LogP contribution is 2.21. The normalized spacial score (nSPS) is 17.2. The van der Waals surface area contributed by atoms with Gasteiger partial charge in [0.1, 0.15) is 25.5 Å². The minimum absolute atomic E-state index is 0.0862. The van der Waals surface area contributed by atoms with Crippen LogP contribution < -0.4 is 16.8 Å². The van der Waals surface area contributed by atoms with E-state index in [-0.39, 0.29) is 28.8 Å². The molecular formula is C19H19N7O9S. The van der Waals surface area contributed by atoms with E-state index in [1.807, 2.05) is 0 Å². The second-order valence-electron chi connectivity index (χ2n) is 7.01. The monoisotopic (exact) mass is 521 g/mol. The number of non-ortho nitro benzene ring substituents is 1. The van der Waals surface area contributed by atoms with E-state index in [1.54, 1.807) is 0 Å². The molecule has 36 heavy (non-hydrogen) atoms. The molecule has 190 valence electrons. The maximum Gasteiger partial charge on any atom is 0.335 e. The smallest absolute Gasteiger partial charge is 0.335 e. The molecule has 2 atom stereocenters. The van der Waals surface area contributed by atoms with Gasteiger partial charge in [-0.1, -0.05) is 5.16 Å². The van der Waals surface area contributed by atoms with Crippen LogP contribution in [0.2, 0.25) is 0 Å². The fraction of sp³-hybridized carbons (Fsp3) is 0.263. The van der Waals surface area contributed by atoms with E-state index in [4.69, 9.17) is 21.0 Å². The Bertz CT molecular complexity index is 1210. The van der Waals surface area contributed by atoms with Crippen molar-refractivity contribution in [3.05, 3.63) is 51.0 Å². The van der Waals surface area contributed by atoms with Crippen LogP contribution in [-0.2, 0) is 40.2 Å². The average molecular weight is 521 g/mol. The van der Waals surface area contributed by atoms with Crippen molar-refractivity contribution >= 4 is 51.6 Å². The maximum atomic E-state index is 12.6.